The van der Waals surface area contributed by atoms with E-state index in [1.807, 2.05) is 0 Å². The normalized spacial score (nSPS) is 19.1. The van der Waals surface area contributed by atoms with Gasteiger partial charge in [-0.05, 0) is 51.5 Å². The molecule has 2 nitrogen and oxygen atoms in total. The third-order valence-electron chi connectivity index (χ3n) is 3.14. The van der Waals surface area contributed by atoms with Gasteiger partial charge in [-0.25, -0.2) is 0 Å². The van der Waals surface area contributed by atoms with E-state index in [0.717, 1.165) is 6.54 Å². The van der Waals surface area contributed by atoms with Gasteiger partial charge in [0, 0.05) is 6.54 Å². The van der Waals surface area contributed by atoms with Crippen molar-refractivity contribution in [2.45, 2.75) is 26.3 Å². The van der Waals surface area contributed by atoms with E-state index in [9.17, 15) is 0 Å². The van der Waals surface area contributed by atoms with Crippen molar-refractivity contribution in [2.75, 3.05) is 26.2 Å². The van der Waals surface area contributed by atoms with E-state index in [4.69, 9.17) is 0 Å². The average Bonchev–Trinajstić information content (AvgIpc) is 2.22. The summed E-state index contributed by atoms with van der Waals surface area (Å²) in [6.07, 6.45) is 2.54. The van der Waals surface area contributed by atoms with Crippen molar-refractivity contribution >= 4 is 0 Å². The Labute approximate surface area is 98.7 Å². The second kappa shape index (κ2) is 6.02. The molecule has 1 N–H and O–H groups in total. The van der Waals surface area contributed by atoms with E-state index in [2.05, 4.69) is 41.4 Å². The molecule has 16 heavy (non-hydrogen) atoms. The van der Waals surface area contributed by atoms with Gasteiger partial charge in [-0.1, -0.05) is 29.8 Å². The summed E-state index contributed by atoms with van der Waals surface area (Å²) >= 11 is 0. The zero-order valence-electron chi connectivity index (χ0n) is 10.2. The van der Waals surface area contributed by atoms with E-state index in [1.165, 1.54) is 50.1 Å². The summed E-state index contributed by atoms with van der Waals surface area (Å²) in [6, 6.07) is 8.87. The minimum Gasteiger partial charge on any atom is -0.317 e. The largest absolute Gasteiger partial charge is 0.317 e. The van der Waals surface area contributed by atoms with Crippen LogP contribution in [0, 0.1) is 6.92 Å². The van der Waals surface area contributed by atoms with Gasteiger partial charge in [-0.2, -0.15) is 0 Å². The first-order chi connectivity index (χ1) is 7.84. The summed E-state index contributed by atoms with van der Waals surface area (Å²) in [5, 5.41) is 3.45. The van der Waals surface area contributed by atoms with Crippen LogP contribution in [-0.2, 0) is 6.54 Å². The van der Waals surface area contributed by atoms with Gasteiger partial charge in [-0.15, -0.1) is 0 Å². The summed E-state index contributed by atoms with van der Waals surface area (Å²) in [4.78, 5) is 2.58. The van der Waals surface area contributed by atoms with Crippen molar-refractivity contribution in [3.63, 3.8) is 0 Å². The van der Waals surface area contributed by atoms with Crippen LogP contribution in [0.2, 0.25) is 0 Å². The van der Waals surface area contributed by atoms with Crippen LogP contribution in [0.1, 0.15) is 24.0 Å². The van der Waals surface area contributed by atoms with Gasteiger partial charge in [0.15, 0.2) is 0 Å². The van der Waals surface area contributed by atoms with Crippen molar-refractivity contribution < 1.29 is 0 Å². The molecule has 1 aromatic rings. The minimum atomic E-state index is 1.11. The Morgan fingerprint density at radius 3 is 2.62 bits per heavy atom. The molecular formula is C14H22N2. The molecular weight excluding hydrogens is 196 g/mol. The Kier molecular flexibility index (Phi) is 4.37. The van der Waals surface area contributed by atoms with Crippen molar-refractivity contribution in [2.24, 2.45) is 0 Å². The Balaban J connectivity index is 1.91. The quantitative estimate of drug-likeness (QED) is 0.818. The fourth-order valence-electron chi connectivity index (χ4n) is 2.32. The summed E-state index contributed by atoms with van der Waals surface area (Å²) < 4.78 is 0. The van der Waals surface area contributed by atoms with Crippen LogP contribution < -0.4 is 5.32 Å². The highest BCUT2D eigenvalue weighted by Gasteiger charge is 2.07. The SMILES string of the molecule is Cc1cccc(CN2CCCNCCC2)c1. The molecule has 1 aliphatic heterocycles. The molecule has 1 saturated heterocycles. The Morgan fingerprint density at radius 2 is 1.94 bits per heavy atom. The van der Waals surface area contributed by atoms with Crippen LogP contribution >= 0.6 is 0 Å². The van der Waals surface area contributed by atoms with Crippen LogP contribution in [0.3, 0.4) is 0 Å². The van der Waals surface area contributed by atoms with E-state index >= 15 is 0 Å². The number of nitrogens with zero attached hydrogens (tertiary/aromatic N) is 1. The van der Waals surface area contributed by atoms with Crippen molar-refractivity contribution in [3.8, 4) is 0 Å². The molecule has 0 radical (unpaired) electrons. The lowest BCUT2D eigenvalue weighted by atomic mass is 10.1. The highest BCUT2D eigenvalue weighted by atomic mass is 15.1. The molecule has 2 heteroatoms. The van der Waals surface area contributed by atoms with Crippen LogP contribution in [0.5, 0.6) is 0 Å². The van der Waals surface area contributed by atoms with E-state index < -0.39 is 0 Å². The average molecular weight is 218 g/mol. The van der Waals surface area contributed by atoms with Crippen molar-refractivity contribution in [3.05, 3.63) is 35.4 Å². The molecule has 0 saturated carbocycles. The fraction of sp³-hybridized carbons (Fsp3) is 0.571. The van der Waals surface area contributed by atoms with Gasteiger partial charge in [0.2, 0.25) is 0 Å². The lowest BCUT2D eigenvalue weighted by Gasteiger charge is -2.25. The van der Waals surface area contributed by atoms with Crippen LogP contribution in [0.25, 0.3) is 0 Å². The zero-order valence-corrected chi connectivity index (χ0v) is 10.2. The Hall–Kier alpha value is -0.860. The first kappa shape index (κ1) is 11.6. The van der Waals surface area contributed by atoms with Crippen molar-refractivity contribution in [1.82, 2.24) is 10.2 Å². The first-order valence-electron chi connectivity index (χ1n) is 6.33. The van der Waals surface area contributed by atoms with E-state index in [-0.39, 0.29) is 0 Å². The van der Waals surface area contributed by atoms with Gasteiger partial charge in [0.25, 0.3) is 0 Å². The third kappa shape index (κ3) is 3.62. The second-order valence-electron chi connectivity index (χ2n) is 4.72. The molecule has 0 bridgehead atoms. The Bertz CT molecular complexity index is 314. The number of aryl methyl sites for hydroxylation is 1. The maximum atomic E-state index is 3.45. The van der Waals surface area contributed by atoms with Gasteiger partial charge in [0.1, 0.15) is 0 Å². The maximum Gasteiger partial charge on any atom is 0.0233 e. The van der Waals surface area contributed by atoms with Gasteiger partial charge in [0.05, 0.1) is 0 Å². The summed E-state index contributed by atoms with van der Waals surface area (Å²) in [7, 11) is 0. The van der Waals surface area contributed by atoms with Gasteiger partial charge >= 0.3 is 0 Å². The number of nitrogens with one attached hydrogen (secondary N) is 1. The molecule has 0 spiro atoms. The molecule has 1 fully saturated rings. The molecule has 0 atom stereocenters. The number of rotatable bonds is 2. The predicted molar refractivity (Wildman–Crippen MR) is 68.6 cm³/mol. The monoisotopic (exact) mass is 218 g/mol. The van der Waals surface area contributed by atoms with Gasteiger partial charge < -0.3 is 5.32 Å². The molecule has 0 unspecified atom stereocenters. The Morgan fingerprint density at radius 1 is 1.19 bits per heavy atom. The molecule has 1 aliphatic rings. The first-order valence-corrected chi connectivity index (χ1v) is 6.33. The van der Waals surface area contributed by atoms with E-state index in [0.29, 0.717) is 0 Å². The lowest BCUT2D eigenvalue weighted by molar-refractivity contribution is 0.245. The second-order valence-corrected chi connectivity index (χ2v) is 4.72. The molecule has 0 aliphatic carbocycles. The van der Waals surface area contributed by atoms with Gasteiger partial charge in [-0.3, -0.25) is 4.90 Å². The van der Waals surface area contributed by atoms with Crippen LogP contribution in [0.15, 0.2) is 24.3 Å². The van der Waals surface area contributed by atoms with Crippen molar-refractivity contribution in [1.29, 1.82) is 0 Å². The maximum absolute atomic E-state index is 3.45. The molecule has 1 aromatic carbocycles. The zero-order chi connectivity index (χ0) is 11.2. The standard InChI is InChI=1S/C14H22N2/c1-13-5-2-6-14(11-13)12-16-9-3-7-15-8-4-10-16/h2,5-6,11,15H,3-4,7-10,12H2,1H3. The van der Waals surface area contributed by atoms with Crippen LogP contribution in [-0.4, -0.2) is 31.1 Å². The minimum absolute atomic E-state index is 1.11. The smallest absolute Gasteiger partial charge is 0.0233 e. The molecule has 1 heterocycles. The number of benzene rings is 1. The van der Waals surface area contributed by atoms with E-state index in [1.54, 1.807) is 0 Å². The molecule has 88 valence electrons. The highest BCUT2D eigenvalue weighted by molar-refractivity contribution is 5.22. The third-order valence-corrected chi connectivity index (χ3v) is 3.14. The van der Waals surface area contributed by atoms with Crippen LogP contribution in [0.4, 0.5) is 0 Å². The number of hydrogen-bond donors (Lipinski definition) is 1. The molecule has 0 amide bonds. The summed E-state index contributed by atoms with van der Waals surface area (Å²) in [6.45, 7) is 8.07. The molecule has 0 aromatic heterocycles. The number of hydrogen-bond acceptors (Lipinski definition) is 2. The fourth-order valence-corrected chi connectivity index (χ4v) is 2.32. The highest BCUT2D eigenvalue weighted by Crippen LogP contribution is 2.09. The summed E-state index contributed by atoms with van der Waals surface area (Å²) in [5.74, 6) is 0. The lowest BCUT2D eigenvalue weighted by Crippen LogP contribution is -2.33. The predicted octanol–water partition coefficient (Wildman–Crippen LogP) is 2.18. The summed E-state index contributed by atoms with van der Waals surface area (Å²) in [5.41, 5.74) is 2.82. The topological polar surface area (TPSA) is 15.3 Å². The molecule has 2 rings (SSSR count).